The van der Waals surface area contributed by atoms with Crippen LogP contribution in [0.3, 0.4) is 0 Å². The van der Waals surface area contributed by atoms with E-state index in [4.69, 9.17) is 28.4 Å². The highest BCUT2D eigenvalue weighted by Gasteiger charge is 2.53. The van der Waals surface area contributed by atoms with Gasteiger partial charge in [0.15, 0.2) is 24.6 Å². The molecule has 47 heavy (non-hydrogen) atoms. The van der Waals surface area contributed by atoms with Gasteiger partial charge in [-0.2, -0.15) is 0 Å². The molecular weight excluding hydrogens is 610 g/mol. The van der Waals surface area contributed by atoms with Crippen LogP contribution in [-0.4, -0.2) is 84.6 Å². The van der Waals surface area contributed by atoms with E-state index in [0.29, 0.717) is 28.0 Å². The third-order valence-corrected chi connectivity index (χ3v) is 7.91. The maximum atomic E-state index is 13.6. The maximum absolute atomic E-state index is 13.6. The number of hydrogen-bond donors (Lipinski definition) is 4. The fourth-order valence-corrected chi connectivity index (χ4v) is 5.58. The number of benzene rings is 3. The van der Waals surface area contributed by atoms with Gasteiger partial charge in [0.25, 0.3) is 0 Å². The van der Waals surface area contributed by atoms with Crippen LogP contribution in [0.4, 0.5) is 10.5 Å². The summed E-state index contributed by atoms with van der Waals surface area (Å²) in [5.41, 5.74) is 2.64. The minimum absolute atomic E-state index is 0.0979. The van der Waals surface area contributed by atoms with Gasteiger partial charge >= 0.3 is 18.0 Å². The second-order valence-electron chi connectivity index (χ2n) is 10.9. The number of anilines is 1. The number of aromatic nitrogens is 2. The SMILES string of the molecule is COc1cccc(C)c1NC(=O)O[C@H]1[C@H](OC(=O)c2cc3ccccc3[nH]2)[C@@H](OC(=O)c2cc3ccccc3[nH]2)[C@@H](OC)O[C@@H]1CO. The summed E-state index contributed by atoms with van der Waals surface area (Å²) in [4.78, 5) is 46.5. The van der Waals surface area contributed by atoms with Crippen LogP contribution in [0.1, 0.15) is 26.5 Å². The van der Waals surface area contributed by atoms with Crippen LogP contribution in [0, 0.1) is 6.92 Å². The molecule has 1 aliphatic rings. The van der Waals surface area contributed by atoms with Crippen molar-refractivity contribution in [3.63, 3.8) is 0 Å². The summed E-state index contributed by atoms with van der Waals surface area (Å²) in [7, 11) is 2.76. The Morgan fingerprint density at radius 2 is 1.38 bits per heavy atom. The monoisotopic (exact) mass is 643 g/mol. The number of aliphatic hydroxyl groups excluding tert-OH is 1. The van der Waals surface area contributed by atoms with Crippen molar-refractivity contribution in [1.82, 2.24) is 9.97 Å². The highest BCUT2D eigenvalue weighted by molar-refractivity contribution is 5.96. The number of aliphatic hydroxyl groups is 1. The van der Waals surface area contributed by atoms with Crippen LogP contribution in [0.25, 0.3) is 21.8 Å². The van der Waals surface area contributed by atoms with Crippen LogP contribution in [0.2, 0.25) is 0 Å². The predicted octanol–water partition coefficient (Wildman–Crippen LogP) is 4.70. The molecule has 2 aromatic heterocycles. The molecule has 6 rings (SSSR count). The van der Waals surface area contributed by atoms with Gasteiger partial charge in [-0.1, -0.05) is 48.5 Å². The van der Waals surface area contributed by atoms with Gasteiger partial charge in [0.1, 0.15) is 23.2 Å². The minimum atomic E-state index is -1.50. The number of H-pyrrole nitrogens is 2. The Morgan fingerprint density at radius 3 is 1.94 bits per heavy atom. The summed E-state index contributed by atoms with van der Waals surface area (Å²) >= 11 is 0. The Labute approximate surface area is 268 Å². The molecule has 3 aromatic carbocycles. The molecule has 244 valence electrons. The molecule has 0 bridgehead atoms. The molecule has 1 aliphatic heterocycles. The Hall–Kier alpha value is -5.37. The van der Waals surface area contributed by atoms with E-state index < -0.39 is 55.3 Å². The number of methoxy groups -OCH3 is 2. The lowest BCUT2D eigenvalue weighted by molar-refractivity contribution is -0.291. The highest BCUT2D eigenvalue weighted by Crippen LogP contribution is 2.32. The number of aryl methyl sites for hydroxylation is 1. The van der Waals surface area contributed by atoms with Crippen molar-refractivity contribution in [2.24, 2.45) is 0 Å². The van der Waals surface area contributed by atoms with Crippen molar-refractivity contribution in [1.29, 1.82) is 0 Å². The summed E-state index contributed by atoms with van der Waals surface area (Å²) in [5, 5.41) is 14.5. The van der Waals surface area contributed by atoms with Gasteiger partial charge < -0.3 is 43.5 Å². The van der Waals surface area contributed by atoms with Gasteiger partial charge in [0, 0.05) is 28.9 Å². The average Bonchev–Trinajstić information content (AvgIpc) is 3.72. The molecule has 4 N–H and O–H groups in total. The fraction of sp³-hybridized carbons (Fsp3) is 0.265. The summed E-state index contributed by atoms with van der Waals surface area (Å²) < 4.78 is 34.4. The number of carbonyl (C=O) groups is 3. The first-order valence-corrected chi connectivity index (χ1v) is 14.8. The van der Waals surface area contributed by atoms with Crippen LogP contribution in [-0.2, 0) is 23.7 Å². The second kappa shape index (κ2) is 13.5. The Balaban J connectivity index is 1.34. The van der Waals surface area contributed by atoms with Gasteiger partial charge in [-0.15, -0.1) is 0 Å². The van der Waals surface area contributed by atoms with E-state index in [-0.39, 0.29) is 11.4 Å². The lowest BCUT2D eigenvalue weighted by Gasteiger charge is -2.43. The number of ether oxygens (including phenoxy) is 6. The van der Waals surface area contributed by atoms with E-state index in [2.05, 4.69) is 15.3 Å². The van der Waals surface area contributed by atoms with E-state index >= 15 is 0 Å². The lowest BCUT2D eigenvalue weighted by Crippen LogP contribution is -2.63. The van der Waals surface area contributed by atoms with Crippen LogP contribution >= 0.6 is 0 Å². The van der Waals surface area contributed by atoms with Gasteiger partial charge in [-0.25, -0.2) is 14.4 Å². The number of esters is 2. The number of fused-ring (bicyclic) bond motifs is 2. The zero-order valence-electron chi connectivity index (χ0n) is 25.7. The number of rotatable bonds is 9. The number of nitrogens with one attached hydrogen (secondary N) is 3. The van der Waals surface area contributed by atoms with Gasteiger partial charge in [0.2, 0.25) is 0 Å². The average molecular weight is 644 g/mol. The summed E-state index contributed by atoms with van der Waals surface area (Å²) in [6, 6.07) is 22.9. The topological polar surface area (TPSA) is 170 Å². The molecule has 0 radical (unpaired) electrons. The fourth-order valence-electron chi connectivity index (χ4n) is 5.58. The Bertz CT molecular complexity index is 1850. The first-order chi connectivity index (χ1) is 22.8. The smallest absolute Gasteiger partial charge is 0.412 e. The van der Waals surface area contributed by atoms with Crippen molar-refractivity contribution in [2.75, 3.05) is 26.1 Å². The first kappa shape index (κ1) is 31.6. The van der Waals surface area contributed by atoms with E-state index in [1.165, 1.54) is 14.2 Å². The molecule has 0 unspecified atom stereocenters. The Morgan fingerprint density at radius 1 is 0.787 bits per heavy atom. The zero-order chi connectivity index (χ0) is 33.1. The van der Waals surface area contributed by atoms with Gasteiger partial charge in [-0.3, -0.25) is 5.32 Å². The van der Waals surface area contributed by atoms with E-state index in [9.17, 15) is 19.5 Å². The lowest BCUT2D eigenvalue weighted by atomic mass is 9.98. The van der Waals surface area contributed by atoms with Crippen LogP contribution < -0.4 is 10.1 Å². The minimum Gasteiger partial charge on any atom is -0.495 e. The van der Waals surface area contributed by atoms with E-state index in [1.807, 2.05) is 36.4 Å². The third-order valence-electron chi connectivity index (χ3n) is 7.91. The van der Waals surface area contributed by atoms with Gasteiger partial charge in [-0.05, 0) is 42.8 Å². The second-order valence-corrected chi connectivity index (χ2v) is 10.9. The third kappa shape index (κ3) is 6.49. The Kier molecular flexibility index (Phi) is 9.11. The molecule has 1 saturated heterocycles. The zero-order valence-corrected chi connectivity index (χ0v) is 25.7. The summed E-state index contributed by atoms with van der Waals surface area (Å²) in [6.45, 7) is 1.11. The maximum Gasteiger partial charge on any atom is 0.412 e. The number of carbonyl (C=O) groups excluding carboxylic acids is 3. The predicted molar refractivity (Wildman–Crippen MR) is 169 cm³/mol. The summed E-state index contributed by atoms with van der Waals surface area (Å²) in [5.74, 6) is -1.26. The molecule has 1 fully saturated rings. The number of aromatic amines is 2. The van der Waals surface area contributed by atoms with Crippen molar-refractivity contribution in [3.8, 4) is 5.75 Å². The number of amides is 1. The van der Waals surface area contributed by atoms with Gasteiger partial charge in [0.05, 0.1) is 19.4 Å². The number of para-hydroxylation sites is 3. The van der Waals surface area contributed by atoms with Crippen molar-refractivity contribution in [2.45, 2.75) is 37.6 Å². The quantitative estimate of drug-likeness (QED) is 0.130. The molecule has 0 spiro atoms. The van der Waals surface area contributed by atoms with Crippen molar-refractivity contribution in [3.05, 3.63) is 95.8 Å². The van der Waals surface area contributed by atoms with E-state index in [0.717, 1.165) is 10.8 Å². The molecule has 0 saturated carbocycles. The number of hydrogen-bond acceptors (Lipinski definition) is 10. The molecular formula is C34H33N3O10. The highest BCUT2D eigenvalue weighted by atomic mass is 16.7. The molecule has 13 heteroatoms. The first-order valence-electron chi connectivity index (χ1n) is 14.8. The molecule has 13 nitrogen and oxygen atoms in total. The molecule has 5 aromatic rings. The molecule has 0 aliphatic carbocycles. The van der Waals surface area contributed by atoms with Crippen molar-refractivity contribution < 1.29 is 47.9 Å². The van der Waals surface area contributed by atoms with Crippen molar-refractivity contribution >= 4 is 45.5 Å². The summed E-state index contributed by atoms with van der Waals surface area (Å²) in [6.07, 6.45) is -7.93. The van der Waals surface area contributed by atoms with Crippen LogP contribution in [0.5, 0.6) is 5.75 Å². The molecule has 1 amide bonds. The largest absolute Gasteiger partial charge is 0.495 e. The van der Waals surface area contributed by atoms with E-state index in [1.54, 1.807) is 49.4 Å². The van der Waals surface area contributed by atoms with Crippen LogP contribution in [0.15, 0.2) is 78.9 Å². The normalized spacial score (nSPS) is 20.9. The standard InChI is InChI=1S/C34H33N3O10/c1-18-9-8-14-25(42-2)27(18)37-34(41)47-28-26(17-38)44-33(43-3)30(46-32(40)24-16-20-11-5-7-13-22(20)36-24)29(28)45-31(39)23-15-19-10-4-6-12-21(19)35-23/h4-16,26,28-30,33,35-36,38H,17H2,1-3H3,(H,37,41)/t26-,28-,29+,30-,33+/m1/s1. The molecule has 5 atom stereocenters. The molecule has 3 heterocycles.